The van der Waals surface area contributed by atoms with Crippen molar-refractivity contribution >= 4 is 40.3 Å². The van der Waals surface area contributed by atoms with Gasteiger partial charge in [-0.05, 0) is 39.2 Å². The van der Waals surface area contributed by atoms with Crippen molar-refractivity contribution in [1.29, 1.82) is 0 Å². The van der Waals surface area contributed by atoms with Crippen LogP contribution in [0.25, 0.3) is 10.8 Å². The molecule has 336 valence electrons. The molecule has 10 atom stereocenters. The van der Waals surface area contributed by atoms with Gasteiger partial charge in [0.2, 0.25) is 0 Å². The molecule has 6 N–H and O–H groups in total. The third kappa shape index (κ3) is 10.3. The Morgan fingerprint density at radius 2 is 1.64 bits per heavy atom. The molecule has 2 aromatic rings. The van der Waals surface area contributed by atoms with Crippen LogP contribution in [0.15, 0.2) is 41.3 Å². The third-order valence-corrected chi connectivity index (χ3v) is 11.9. The van der Waals surface area contributed by atoms with Gasteiger partial charge in [-0.15, -0.1) is 0 Å². The number of rotatable bonds is 10. The number of esters is 1. The molecule has 0 fully saturated rings. The van der Waals surface area contributed by atoms with E-state index in [9.17, 15) is 39.9 Å². The van der Waals surface area contributed by atoms with Crippen molar-refractivity contribution in [3.63, 3.8) is 0 Å². The van der Waals surface area contributed by atoms with E-state index in [1.54, 1.807) is 39.8 Å². The second-order valence-electron chi connectivity index (χ2n) is 16.5. The summed E-state index contributed by atoms with van der Waals surface area (Å²) < 4.78 is 23.6. The minimum absolute atomic E-state index is 0.0413. The van der Waals surface area contributed by atoms with Crippen LogP contribution in [-0.4, -0.2) is 92.8 Å². The number of phenols is 3. The van der Waals surface area contributed by atoms with Gasteiger partial charge in [0.05, 0.1) is 53.0 Å². The van der Waals surface area contributed by atoms with Crippen LogP contribution in [0, 0.1) is 30.6 Å². The highest BCUT2D eigenvalue weighted by molar-refractivity contribution is 6.23. The summed E-state index contributed by atoms with van der Waals surface area (Å²) in [5, 5.41) is 64.7. The van der Waals surface area contributed by atoms with Crippen LogP contribution in [0.3, 0.4) is 0 Å². The predicted octanol–water partition coefficient (Wildman–Crippen LogP) is 7.46. The lowest BCUT2D eigenvalue weighted by atomic mass is 9.78. The normalized spacial score (nSPS) is 30.0. The van der Waals surface area contributed by atoms with Gasteiger partial charge in [-0.2, -0.15) is 0 Å². The lowest BCUT2D eigenvalue weighted by Crippen LogP contribution is -2.46. The fourth-order valence-corrected chi connectivity index (χ4v) is 8.05. The minimum Gasteiger partial charge on any atom is -0.507 e. The van der Waals surface area contributed by atoms with Crippen molar-refractivity contribution in [2.45, 2.75) is 138 Å². The van der Waals surface area contributed by atoms with E-state index in [-0.39, 0.29) is 50.6 Å². The highest BCUT2D eigenvalue weighted by atomic mass is 16.7. The molecular weight excluding hydrogens is 789 g/mol. The first kappa shape index (κ1) is 48.5. The number of nitrogens with one attached hydrogen (secondary N) is 1. The standard InChI is InChI=1S/C46H64N2O13/c1-12-14-19-30(16-13-2)61-47-22-31-36-41(54)34-33(40(31)53)35-43(28(8)39(34)52)60-46(10,44(35)55)58-21-20-32(57-11)25(5)42(59-29(9)49)27(7)38(51)26(6)37(50)23(3)17-15-18-24(4)45(56)48-36/h15,17-18,20-23,25-27,30,32,37-38,42,50-54H,12-14,16,19H2,1-11H3,(H,48,56)/b17-15+,21-20+,24-18+,47-22+/t23-,25+,26+,27+,30?,32-,37-,38+,42+,46-/m0/s1. The molecule has 1 unspecified atom stereocenters. The molecule has 3 aliphatic rings. The molecule has 0 saturated heterocycles. The zero-order chi connectivity index (χ0) is 45.5. The molecule has 5 rings (SSSR count). The lowest BCUT2D eigenvalue weighted by Gasteiger charge is -2.38. The van der Waals surface area contributed by atoms with E-state index < -0.39 is 88.8 Å². The number of amides is 1. The van der Waals surface area contributed by atoms with E-state index in [2.05, 4.69) is 17.4 Å². The van der Waals surface area contributed by atoms with Crippen LogP contribution in [0.2, 0.25) is 0 Å². The number of ether oxygens (including phenoxy) is 4. The molecule has 3 heterocycles. The number of aromatic hydroxyl groups is 3. The summed E-state index contributed by atoms with van der Waals surface area (Å²) in [5.41, 5.74) is -0.541. The molecule has 0 radical (unpaired) electrons. The summed E-state index contributed by atoms with van der Waals surface area (Å²) in [5.74, 6) is -8.56. The zero-order valence-corrected chi connectivity index (χ0v) is 37.1. The van der Waals surface area contributed by atoms with E-state index in [1.807, 2.05) is 6.92 Å². The maximum absolute atomic E-state index is 14.5. The Morgan fingerprint density at radius 1 is 0.951 bits per heavy atom. The van der Waals surface area contributed by atoms with Crippen molar-refractivity contribution in [3.05, 3.63) is 52.8 Å². The highest BCUT2D eigenvalue weighted by Gasteiger charge is 2.50. The van der Waals surface area contributed by atoms with Gasteiger partial charge in [0.1, 0.15) is 29.5 Å². The number of hydrogen-bond donors (Lipinski definition) is 6. The first-order valence-electron chi connectivity index (χ1n) is 21.0. The molecule has 0 aliphatic carbocycles. The lowest BCUT2D eigenvalue weighted by molar-refractivity contribution is -0.160. The number of unbranched alkanes of at least 4 members (excludes halogenated alkanes) is 1. The number of carbonyl (C=O) groups excluding carboxylic acids is 3. The SMILES string of the molecule is CCCCC(CCC)O/N=C/c1c2c(O)c3c(O)c(C)c4c(c3c1O)C(=O)[C@@](C)(O/C=C/[C@H](OC)[C@@H](C)[C@@H](OC(C)=O)[C@H](C)[C@H](O)[C@H](C)[C@@H](O)[C@@H](C)/C=C/C=C(\C)C(=O)N2)O4. The fraction of sp³-hybridized carbons (Fsp3) is 0.565. The summed E-state index contributed by atoms with van der Waals surface area (Å²) in [7, 11) is 1.43. The molecular formula is C46H64N2O13. The molecule has 0 spiro atoms. The second kappa shape index (κ2) is 20.6. The van der Waals surface area contributed by atoms with E-state index in [0.717, 1.165) is 31.9 Å². The molecule has 5 bridgehead atoms. The average Bonchev–Trinajstić information content (AvgIpc) is 3.49. The maximum Gasteiger partial charge on any atom is 0.312 e. The van der Waals surface area contributed by atoms with Crippen LogP contribution < -0.4 is 10.1 Å². The van der Waals surface area contributed by atoms with Crippen LogP contribution >= 0.6 is 0 Å². The number of oxime groups is 1. The molecule has 15 nitrogen and oxygen atoms in total. The Balaban J connectivity index is 1.97. The molecule has 0 saturated carbocycles. The molecule has 61 heavy (non-hydrogen) atoms. The topological polar surface area (TPSA) is 223 Å². The Kier molecular flexibility index (Phi) is 16.4. The van der Waals surface area contributed by atoms with Crippen molar-refractivity contribution in [1.82, 2.24) is 0 Å². The molecule has 15 heteroatoms. The van der Waals surface area contributed by atoms with E-state index in [1.165, 1.54) is 53.2 Å². The van der Waals surface area contributed by atoms with Crippen LogP contribution in [0.5, 0.6) is 23.0 Å². The van der Waals surface area contributed by atoms with Gasteiger partial charge in [-0.1, -0.05) is 77.8 Å². The summed E-state index contributed by atoms with van der Waals surface area (Å²) >= 11 is 0. The van der Waals surface area contributed by atoms with Crippen LogP contribution in [0.1, 0.15) is 116 Å². The van der Waals surface area contributed by atoms with Crippen molar-refractivity contribution in [2.24, 2.45) is 28.8 Å². The molecule has 2 aromatic carbocycles. The van der Waals surface area contributed by atoms with Crippen LogP contribution in [0.4, 0.5) is 5.69 Å². The summed E-state index contributed by atoms with van der Waals surface area (Å²) in [4.78, 5) is 46.4. The third-order valence-electron chi connectivity index (χ3n) is 11.9. The van der Waals surface area contributed by atoms with Crippen molar-refractivity contribution in [3.8, 4) is 23.0 Å². The highest BCUT2D eigenvalue weighted by Crippen LogP contribution is 2.55. The monoisotopic (exact) mass is 852 g/mol. The number of aliphatic hydroxyl groups excluding tert-OH is 2. The van der Waals surface area contributed by atoms with Gasteiger partial charge < -0.3 is 54.6 Å². The van der Waals surface area contributed by atoms with Gasteiger partial charge in [0, 0.05) is 61.2 Å². The smallest absolute Gasteiger partial charge is 0.312 e. The Hall–Kier alpha value is -5.12. The number of allylic oxidation sites excluding steroid dienone is 2. The first-order valence-corrected chi connectivity index (χ1v) is 21.0. The zero-order valence-electron chi connectivity index (χ0n) is 37.1. The number of aliphatic hydroxyl groups is 2. The van der Waals surface area contributed by atoms with Gasteiger partial charge in [0.15, 0.2) is 5.75 Å². The number of benzene rings is 2. The number of methoxy groups -OCH3 is 1. The Labute approximate surface area is 358 Å². The van der Waals surface area contributed by atoms with Gasteiger partial charge in [-0.25, -0.2) is 0 Å². The number of Topliss-reactive ketones (excluding diaryl/α,β-unsaturated/α-hetero) is 1. The number of fused-ring (bicyclic) bond motifs is 14. The number of phenolic OH excluding ortho intramolecular Hbond substituents is 3. The Bertz CT molecular complexity index is 2060. The fourth-order valence-electron chi connectivity index (χ4n) is 8.05. The molecule has 1 amide bonds. The number of anilines is 1. The second-order valence-corrected chi connectivity index (χ2v) is 16.5. The summed E-state index contributed by atoms with van der Waals surface area (Å²) in [6, 6.07) is 0. The number of hydrogen-bond acceptors (Lipinski definition) is 14. The first-order chi connectivity index (χ1) is 28.8. The summed E-state index contributed by atoms with van der Waals surface area (Å²) in [6.07, 6.45) is 8.48. The van der Waals surface area contributed by atoms with Crippen LogP contribution in [-0.2, 0) is 28.6 Å². The molecule has 0 aromatic heterocycles. The maximum atomic E-state index is 14.5. The summed E-state index contributed by atoms with van der Waals surface area (Å²) in [6.45, 7) is 16.6. The number of ketones is 1. The minimum atomic E-state index is -2.06. The van der Waals surface area contributed by atoms with Gasteiger partial charge in [0.25, 0.3) is 11.7 Å². The molecule has 3 aliphatic heterocycles. The predicted molar refractivity (Wildman–Crippen MR) is 231 cm³/mol. The number of carbonyl (C=O) groups is 3. The average molecular weight is 853 g/mol. The van der Waals surface area contributed by atoms with Gasteiger partial charge in [-0.3, -0.25) is 14.4 Å². The van der Waals surface area contributed by atoms with E-state index in [0.29, 0.717) is 6.42 Å². The van der Waals surface area contributed by atoms with Crippen molar-refractivity contribution in [2.75, 3.05) is 12.4 Å². The van der Waals surface area contributed by atoms with E-state index >= 15 is 0 Å². The Morgan fingerprint density at radius 3 is 2.26 bits per heavy atom. The van der Waals surface area contributed by atoms with E-state index in [4.69, 9.17) is 23.8 Å². The van der Waals surface area contributed by atoms with Crippen molar-refractivity contribution < 1.29 is 63.7 Å². The van der Waals surface area contributed by atoms with Gasteiger partial charge >= 0.3 is 11.8 Å². The number of nitrogens with zero attached hydrogens (tertiary/aromatic N) is 1. The quantitative estimate of drug-likeness (QED) is 0.0450. The largest absolute Gasteiger partial charge is 0.507 e.